The molecule has 0 unspecified atom stereocenters. The van der Waals surface area contributed by atoms with Crippen molar-refractivity contribution in [2.24, 2.45) is 0 Å². The van der Waals surface area contributed by atoms with Crippen molar-refractivity contribution in [1.29, 1.82) is 0 Å². The zero-order valence-corrected chi connectivity index (χ0v) is 27.5. The third-order valence-electron chi connectivity index (χ3n) is 7.89. The summed E-state index contributed by atoms with van der Waals surface area (Å²) in [5.41, 5.74) is 2.88. The Bertz CT molecular complexity index is 1420. The normalized spacial score (nSPS) is 12.7. The first kappa shape index (κ1) is 32.9. The number of carbonyl (C=O) groups excluding carboxylic acids is 1. The SMILES string of the molecule is COc1cc(CO[Si](c2ccccc2)(c2ccccc2)C(C)(C)C)cc(OC)c1[C@H](/C=C/COCc1ccccc1)CC=O. The summed E-state index contributed by atoms with van der Waals surface area (Å²) in [5, 5.41) is 2.30. The lowest BCUT2D eigenvalue weighted by molar-refractivity contribution is -0.108. The van der Waals surface area contributed by atoms with Gasteiger partial charge in [-0.15, -0.1) is 0 Å². The lowest BCUT2D eigenvalue weighted by Crippen LogP contribution is -2.66. The Kier molecular flexibility index (Phi) is 11.7. The maximum Gasteiger partial charge on any atom is 0.261 e. The van der Waals surface area contributed by atoms with Gasteiger partial charge in [0.1, 0.15) is 17.8 Å². The third kappa shape index (κ3) is 7.75. The summed E-state index contributed by atoms with van der Waals surface area (Å²) in [5.74, 6) is 1.09. The summed E-state index contributed by atoms with van der Waals surface area (Å²) in [7, 11) is 0.558. The molecule has 0 saturated carbocycles. The largest absolute Gasteiger partial charge is 0.496 e. The Labute approximate surface area is 263 Å². The molecule has 0 aromatic heterocycles. The standard InChI is InChI=1S/C38H44O5Si/c1-38(2,3)44(33-19-11-7-12-20-33,34-21-13-8-14-22-34)43-29-31-26-35(40-4)37(36(27-31)41-5)32(23-24-39)18-15-25-42-28-30-16-9-6-10-17-30/h6-22,24,26-27,32H,23,25,28-29H2,1-5H3/b18-15+/t32-/m1/s1. The molecule has 1 atom stereocenters. The van der Waals surface area contributed by atoms with E-state index >= 15 is 0 Å². The van der Waals surface area contributed by atoms with E-state index in [1.165, 1.54) is 10.4 Å². The first-order valence-corrected chi connectivity index (χ1v) is 17.0. The van der Waals surface area contributed by atoms with Gasteiger partial charge in [0.15, 0.2) is 0 Å². The van der Waals surface area contributed by atoms with Crippen LogP contribution in [0.15, 0.2) is 115 Å². The zero-order chi connectivity index (χ0) is 31.4. The average molecular weight is 609 g/mol. The van der Waals surface area contributed by atoms with Crippen LogP contribution in [-0.2, 0) is 27.2 Å². The minimum atomic E-state index is -2.74. The second-order valence-corrected chi connectivity index (χ2v) is 16.1. The zero-order valence-electron chi connectivity index (χ0n) is 26.5. The van der Waals surface area contributed by atoms with Gasteiger partial charge in [-0.3, -0.25) is 0 Å². The van der Waals surface area contributed by atoms with Crippen LogP contribution in [0.2, 0.25) is 5.04 Å². The molecule has 0 heterocycles. The van der Waals surface area contributed by atoms with Crippen molar-refractivity contribution < 1.29 is 23.4 Å². The van der Waals surface area contributed by atoms with Gasteiger partial charge in [-0.05, 0) is 38.7 Å². The number of carbonyl (C=O) groups is 1. The molecule has 5 nitrogen and oxygen atoms in total. The van der Waals surface area contributed by atoms with E-state index in [4.69, 9.17) is 18.6 Å². The molecule has 0 aliphatic carbocycles. The molecule has 4 aromatic rings. The van der Waals surface area contributed by atoms with Crippen LogP contribution in [0.3, 0.4) is 0 Å². The van der Waals surface area contributed by atoms with Gasteiger partial charge in [0.05, 0.1) is 34.0 Å². The molecule has 0 spiro atoms. The molecule has 230 valence electrons. The maximum absolute atomic E-state index is 11.7. The maximum atomic E-state index is 11.7. The Balaban J connectivity index is 1.63. The van der Waals surface area contributed by atoms with E-state index in [1.807, 2.05) is 66.7 Å². The fourth-order valence-electron chi connectivity index (χ4n) is 5.83. The number of hydrogen-bond acceptors (Lipinski definition) is 5. The fourth-order valence-corrected chi connectivity index (χ4v) is 10.4. The molecule has 0 aliphatic rings. The van der Waals surface area contributed by atoms with Gasteiger partial charge >= 0.3 is 0 Å². The second-order valence-electron chi connectivity index (χ2n) is 11.8. The van der Waals surface area contributed by atoms with E-state index in [0.717, 1.165) is 23.0 Å². The molecule has 4 aromatic carbocycles. The minimum Gasteiger partial charge on any atom is -0.496 e. The summed E-state index contributed by atoms with van der Waals surface area (Å²) >= 11 is 0. The first-order valence-electron chi connectivity index (χ1n) is 15.1. The van der Waals surface area contributed by atoms with Crippen LogP contribution in [0.5, 0.6) is 11.5 Å². The minimum absolute atomic E-state index is 0.147. The van der Waals surface area contributed by atoms with Crippen LogP contribution in [0, 0.1) is 0 Å². The number of methoxy groups -OCH3 is 2. The predicted molar refractivity (Wildman–Crippen MR) is 181 cm³/mol. The molecule has 0 N–H and O–H groups in total. The molecule has 0 amide bonds. The summed E-state index contributed by atoms with van der Waals surface area (Å²) in [6.07, 6.45) is 5.17. The second kappa shape index (κ2) is 15.7. The molecule has 0 saturated heterocycles. The van der Waals surface area contributed by atoms with Crippen molar-refractivity contribution in [3.8, 4) is 11.5 Å². The lowest BCUT2D eigenvalue weighted by atomic mass is 9.92. The van der Waals surface area contributed by atoms with Crippen LogP contribution in [0.25, 0.3) is 0 Å². The molecular weight excluding hydrogens is 564 g/mol. The van der Waals surface area contributed by atoms with Crippen LogP contribution in [0.1, 0.15) is 49.8 Å². The number of hydrogen-bond donors (Lipinski definition) is 0. The van der Waals surface area contributed by atoms with Crippen LogP contribution >= 0.6 is 0 Å². The fraction of sp³-hybridized carbons (Fsp3) is 0.289. The van der Waals surface area contributed by atoms with Crippen LogP contribution in [0.4, 0.5) is 0 Å². The predicted octanol–water partition coefficient (Wildman–Crippen LogP) is 7.23. The van der Waals surface area contributed by atoms with E-state index in [1.54, 1.807) is 14.2 Å². The van der Waals surface area contributed by atoms with Crippen molar-refractivity contribution in [1.82, 2.24) is 0 Å². The molecule has 0 fully saturated rings. The van der Waals surface area contributed by atoms with Gasteiger partial charge in [-0.1, -0.05) is 124 Å². The lowest BCUT2D eigenvalue weighted by Gasteiger charge is -2.43. The smallest absolute Gasteiger partial charge is 0.261 e. The van der Waals surface area contributed by atoms with E-state index in [-0.39, 0.29) is 11.0 Å². The molecule has 4 rings (SSSR count). The van der Waals surface area contributed by atoms with Gasteiger partial charge in [-0.2, -0.15) is 0 Å². The molecule has 0 bridgehead atoms. The molecule has 44 heavy (non-hydrogen) atoms. The number of allylic oxidation sites excluding steroid dienone is 1. The summed E-state index contributed by atoms with van der Waals surface area (Å²) in [6, 6.07) is 35.3. The van der Waals surface area contributed by atoms with Gasteiger partial charge < -0.3 is 23.4 Å². The monoisotopic (exact) mass is 608 g/mol. The van der Waals surface area contributed by atoms with Crippen LogP contribution < -0.4 is 19.8 Å². The number of aldehydes is 1. The quantitative estimate of drug-likeness (QED) is 0.0617. The van der Waals surface area contributed by atoms with Gasteiger partial charge in [0.2, 0.25) is 0 Å². The summed E-state index contributed by atoms with van der Waals surface area (Å²) in [4.78, 5) is 11.7. The summed E-state index contributed by atoms with van der Waals surface area (Å²) in [6.45, 7) is 8.13. The van der Waals surface area contributed by atoms with E-state index in [0.29, 0.717) is 37.7 Å². The number of ether oxygens (including phenoxy) is 3. The van der Waals surface area contributed by atoms with Crippen molar-refractivity contribution >= 4 is 25.0 Å². The van der Waals surface area contributed by atoms with E-state index in [2.05, 4.69) is 69.3 Å². The third-order valence-corrected chi connectivity index (χ3v) is 12.9. The van der Waals surface area contributed by atoms with Crippen molar-refractivity contribution in [3.05, 3.63) is 132 Å². The van der Waals surface area contributed by atoms with Crippen molar-refractivity contribution in [2.45, 2.75) is 51.4 Å². The number of rotatable bonds is 15. The van der Waals surface area contributed by atoms with Gasteiger partial charge in [0, 0.05) is 17.9 Å². The van der Waals surface area contributed by atoms with Crippen LogP contribution in [-0.4, -0.2) is 35.4 Å². The Morgan fingerprint density at radius 3 is 1.73 bits per heavy atom. The topological polar surface area (TPSA) is 54.0 Å². The van der Waals surface area contributed by atoms with E-state index in [9.17, 15) is 4.79 Å². The van der Waals surface area contributed by atoms with Crippen molar-refractivity contribution in [2.75, 3.05) is 20.8 Å². The first-order chi connectivity index (χ1) is 21.3. The van der Waals surface area contributed by atoms with Gasteiger partial charge in [-0.25, -0.2) is 0 Å². The van der Waals surface area contributed by atoms with E-state index < -0.39 is 8.32 Å². The van der Waals surface area contributed by atoms with Gasteiger partial charge in [0.25, 0.3) is 8.32 Å². The Hall–Kier alpha value is -3.97. The summed E-state index contributed by atoms with van der Waals surface area (Å²) < 4.78 is 24.8. The molecular formula is C38H44O5Si. The van der Waals surface area contributed by atoms with Crippen molar-refractivity contribution in [3.63, 3.8) is 0 Å². The highest BCUT2D eigenvalue weighted by atomic mass is 28.4. The highest BCUT2D eigenvalue weighted by molar-refractivity contribution is 6.99. The molecule has 0 radical (unpaired) electrons. The Morgan fingerprint density at radius 1 is 0.727 bits per heavy atom. The number of benzene rings is 4. The average Bonchev–Trinajstić information content (AvgIpc) is 3.05. The Morgan fingerprint density at radius 2 is 1.25 bits per heavy atom. The molecule has 6 heteroatoms. The highest BCUT2D eigenvalue weighted by Crippen LogP contribution is 2.41. The molecule has 0 aliphatic heterocycles. The highest BCUT2D eigenvalue weighted by Gasteiger charge is 2.50.